The maximum absolute atomic E-state index is 6.18. The third kappa shape index (κ3) is 2.83. The van der Waals surface area contributed by atoms with Gasteiger partial charge in [0.25, 0.3) is 0 Å². The van der Waals surface area contributed by atoms with E-state index in [2.05, 4.69) is 4.98 Å². The number of rotatable bonds is 4. The fourth-order valence-electron chi connectivity index (χ4n) is 1.74. The van der Waals surface area contributed by atoms with Crippen LogP contribution >= 0.6 is 11.6 Å². The molecule has 0 aliphatic heterocycles. The summed E-state index contributed by atoms with van der Waals surface area (Å²) >= 11 is 6.18. The fourth-order valence-corrected chi connectivity index (χ4v) is 2.07. The highest BCUT2D eigenvalue weighted by molar-refractivity contribution is 6.33. The van der Waals surface area contributed by atoms with E-state index in [1.54, 1.807) is 6.20 Å². The van der Waals surface area contributed by atoms with Crippen LogP contribution in [0.15, 0.2) is 28.8 Å². The lowest BCUT2D eigenvalue weighted by Crippen LogP contribution is -2.18. The molecule has 0 aliphatic rings. The SMILES string of the molecule is Cc1ccc(CN(C)c2ncc(CN)cc2Cl)o1. The van der Waals surface area contributed by atoms with Crippen LogP contribution in [0.3, 0.4) is 0 Å². The molecular formula is C13H16ClN3O. The lowest BCUT2D eigenvalue weighted by atomic mass is 10.3. The van der Waals surface area contributed by atoms with Crippen LogP contribution in [0, 0.1) is 6.92 Å². The first kappa shape index (κ1) is 12.9. The molecule has 2 heterocycles. The number of hydrogen-bond acceptors (Lipinski definition) is 4. The average molecular weight is 266 g/mol. The number of nitrogens with zero attached hydrogens (tertiary/aromatic N) is 2. The molecule has 2 rings (SSSR count). The van der Waals surface area contributed by atoms with Gasteiger partial charge in [0.15, 0.2) is 0 Å². The Balaban J connectivity index is 2.15. The minimum atomic E-state index is 0.439. The Morgan fingerprint density at radius 1 is 1.44 bits per heavy atom. The van der Waals surface area contributed by atoms with Gasteiger partial charge in [0.2, 0.25) is 0 Å². The first-order chi connectivity index (χ1) is 8.60. The van der Waals surface area contributed by atoms with Crippen LogP contribution in [0.4, 0.5) is 5.82 Å². The van der Waals surface area contributed by atoms with Crippen molar-refractivity contribution in [3.63, 3.8) is 0 Å². The molecule has 5 heteroatoms. The summed E-state index contributed by atoms with van der Waals surface area (Å²) in [6.07, 6.45) is 1.74. The summed E-state index contributed by atoms with van der Waals surface area (Å²) in [6.45, 7) is 2.99. The Hall–Kier alpha value is -1.52. The van der Waals surface area contributed by atoms with Crippen LogP contribution in [0.2, 0.25) is 5.02 Å². The lowest BCUT2D eigenvalue weighted by Gasteiger charge is -2.18. The molecule has 0 saturated heterocycles. The zero-order valence-corrected chi connectivity index (χ0v) is 11.2. The molecule has 96 valence electrons. The molecule has 0 saturated carbocycles. The second-order valence-corrected chi connectivity index (χ2v) is 4.63. The summed E-state index contributed by atoms with van der Waals surface area (Å²) in [6, 6.07) is 5.73. The molecule has 0 bridgehead atoms. The third-order valence-electron chi connectivity index (χ3n) is 2.66. The van der Waals surface area contributed by atoms with Gasteiger partial charge < -0.3 is 15.1 Å². The van der Waals surface area contributed by atoms with E-state index in [0.29, 0.717) is 18.1 Å². The molecule has 18 heavy (non-hydrogen) atoms. The standard InChI is InChI=1S/C13H16ClN3O/c1-9-3-4-11(18-9)8-17(2)13-12(14)5-10(6-15)7-16-13/h3-5,7H,6,8,15H2,1-2H3. The second-order valence-electron chi connectivity index (χ2n) is 4.22. The average Bonchev–Trinajstić information content (AvgIpc) is 2.74. The number of aryl methyl sites for hydroxylation is 1. The smallest absolute Gasteiger partial charge is 0.147 e. The normalized spacial score (nSPS) is 10.7. The molecule has 2 aromatic rings. The van der Waals surface area contributed by atoms with Crippen LogP contribution in [0.25, 0.3) is 0 Å². The van der Waals surface area contributed by atoms with Crippen molar-refractivity contribution >= 4 is 17.4 Å². The van der Waals surface area contributed by atoms with E-state index in [1.165, 1.54) is 0 Å². The molecule has 0 radical (unpaired) electrons. The molecule has 0 unspecified atom stereocenters. The van der Waals surface area contributed by atoms with Crippen molar-refractivity contribution in [3.8, 4) is 0 Å². The summed E-state index contributed by atoms with van der Waals surface area (Å²) in [4.78, 5) is 6.27. The second kappa shape index (κ2) is 5.42. The molecule has 0 fully saturated rings. The summed E-state index contributed by atoms with van der Waals surface area (Å²) in [5, 5.41) is 0.601. The van der Waals surface area contributed by atoms with Crippen LogP contribution in [-0.4, -0.2) is 12.0 Å². The van der Waals surface area contributed by atoms with E-state index in [4.69, 9.17) is 21.8 Å². The topological polar surface area (TPSA) is 55.3 Å². The number of nitrogens with two attached hydrogens (primary N) is 1. The van der Waals surface area contributed by atoms with Crippen LogP contribution < -0.4 is 10.6 Å². The minimum absolute atomic E-state index is 0.439. The zero-order valence-electron chi connectivity index (χ0n) is 10.5. The predicted octanol–water partition coefficient (Wildman–Crippen LogP) is 2.73. The van der Waals surface area contributed by atoms with Crippen molar-refractivity contribution in [1.82, 2.24) is 4.98 Å². The van der Waals surface area contributed by atoms with Gasteiger partial charge >= 0.3 is 0 Å². The van der Waals surface area contributed by atoms with Crippen molar-refractivity contribution in [2.45, 2.75) is 20.0 Å². The predicted molar refractivity (Wildman–Crippen MR) is 72.7 cm³/mol. The first-order valence-corrected chi connectivity index (χ1v) is 6.09. The van der Waals surface area contributed by atoms with Crippen molar-refractivity contribution in [3.05, 3.63) is 46.5 Å². The summed E-state index contributed by atoms with van der Waals surface area (Å²) < 4.78 is 5.53. The maximum Gasteiger partial charge on any atom is 0.147 e. The van der Waals surface area contributed by atoms with Gasteiger partial charge in [-0.15, -0.1) is 0 Å². The van der Waals surface area contributed by atoms with Crippen molar-refractivity contribution in [1.29, 1.82) is 0 Å². The molecule has 2 N–H and O–H groups in total. The first-order valence-electron chi connectivity index (χ1n) is 5.71. The van der Waals surface area contributed by atoms with Gasteiger partial charge in [0.1, 0.15) is 17.3 Å². The molecule has 0 spiro atoms. The van der Waals surface area contributed by atoms with Crippen molar-refractivity contribution in [2.75, 3.05) is 11.9 Å². The largest absolute Gasteiger partial charge is 0.464 e. The van der Waals surface area contributed by atoms with Crippen LogP contribution in [-0.2, 0) is 13.1 Å². The number of halogens is 1. The van der Waals surface area contributed by atoms with Gasteiger partial charge in [-0.1, -0.05) is 11.6 Å². The lowest BCUT2D eigenvalue weighted by molar-refractivity contribution is 0.481. The highest BCUT2D eigenvalue weighted by atomic mass is 35.5. The molecule has 0 aliphatic carbocycles. The van der Waals surface area contributed by atoms with E-state index < -0.39 is 0 Å². The van der Waals surface area contributed by atoms with Crippen molar-refractivity contribution in [2.24, 2.45) is 5.73 Å². The Bertz CT molecular complexity index is 539. The van der Waals surface area contributed by atoms with Gasteiger partial charge in [-0.2, -0.15) is 0 Å². The molecule has 0 amide bonds. The Kier molecular flexibility index (Phi) is 3.89. The maximum atomic E-state index is 6.18. The van der Waals surface area contributed by atoms with Crippen LogP contribution in [0.5, 0.6) is 0 Å². The van der Waals surface area contributed by atoms with Crippen molar-refractivity contribution < 1.29 is 4.42 Å². The molecular weight excluding hydrogens is 250 g/mol. The number of pyridine rings is 1. The third-order valence-corrected chi connectivity index (χ3v) is 2.94. The van der Waals surface area contributed by atoms with Gasteiger partial charge in [-0.3, -0.25) is 0 Å². The quantitative estimate of drug-likeness (QED) is 0.924. The van der Waals surface area contributed by atoms with Gasteiger partial charge in [-0.25, -0.2) is 4.98 Å². The molecule has 0 atom stereocenters. The van der Waals surface area contributed by atoms with E-state index in [0.717, 1.165) is 22.9 Å². The van der Waals surface area contributed by atoms with E-state index in [1.807, 2.05) is 37.1 Å². The number of aromatic nitrogens is 1. The molecule has 2 aromatic heterocycles. The Labute approximate surface area is 111 Å². The Morgan fingerprint density at radius 3 is 2.78 bits per heavy atom. The van der Waals surface area contributed by atoms with Gasteiger partial charge in [0.05, 0.1) is 11.6 Å². The van der Waals surface area contributed by atoms with Gasteiger partial charge in [0, 0.05) is 19.8 Å². The number of furan rings is 1. The molecule has 0 aromatic carbocycles. The summed E-state index contributed by atoms with van der Waals surface area (Å²) in [5.74, 6) is 2.51. The number of anilines is 1. The van der Waals surface area contributed by atoms with Crippen LogP contribution in [0.1, 0.15) is 17.1 Å². The monoisotopic (exact) mass is 265 g/mol. The minimum Gasteiger partial charge on any atom is -0.464 e. The summed E-state index contributed by atoms with van der Waals surface area (Å²) in [5.41, 5.74) is 6.47. The summed E-state index contributed by atoms with van der Waals surface area (Å²) in [7, 11) is 1.92. The number of hydrogen-bond donors (Lipinski definition) is 1. The highest BCUT2D eigenvalue weighted by Gasteiger charge is 2.10. The Morgan fingerprint density at radius 2 is 2.22 bits per heavy atom. The zero-order chi connectivity index (χ0) is 13.1. The fraction of sp³-hybridized carbons (Fsp3) is 0.308. The van der Waals surface area contributed by atoms with E-state index in [9.17, 15) is 0 Å². The highest BCUT2D eigenvalue weighted by Crippen LogP contribution is 2.24. The van der Waals surface area contributed by atoms with Gasteiger partial charge in [-0.05, 0) is 30.7 Å². The van der Waals surface area contributed by atoms with E-state index >= 15 is 0 Å². The van der Waals surface area contributed by atoms with E-state index in [-0.39, 0.29) is 0 Å². The molecule has 4 nitrogen and oxygen atoms in total.